The summed E-state index contributed by atoms with van der Waals surface area (Å²) in [6.45, 7) is 6.10. The van der Waals surface area contributed by atoms with Crippen molar-refractivity contribution >= 4 is 23.0 Å². The first kappa shape index (κ1) is 21.2. The summed E-state index contributed by atoms with van der Waals surface area (Å²) < 4.78 is 10.4. The van der Waals surface area contributed by atoms with E-state index in [-0.39, 0.29) is 11.9 Å². The minimum absolute atomic E-state index is 0.222. The van der Waals surface area contributed by atoms with Gasteiger partial charge >= 0.3 is 5.97 Å². The topological polar surface area (TPSA) is 79.4 Å². The molecule has 0 aliphatic carbocycles. The second-order valence-electron chi connectivity index (χ2n) is 8.06. The number of piperidine rings is 1. The predicted molar refractivity (Wildman–Crippen MR) is 120 cm³/mol. The van der Waals surface area contributed by atoms with Gasteiger partial charge in [-0.1, -0.05) is 0 Å². The molecule has 0 spiro atoms. The Morgan fingerprint density at radius 2 is 1.55 bits per heavy atom. The second kappa shape index (κ2) is 8.99. The van der Waals surface area contributed by atoms with Gasteiger partial charge in [-0.3, -0.25) is 14.4 Å². The molecule has 2 saturated heterocycles. The molecule has 31 heavy (non-hydrogen) atoms. The lowest BCUT2D eigenvalue weighted by molar-refractivity contribution is -0.148. The normalized spacial score (nSPS) is 19.5. The molecular weight excluding hydrogens is 398 g/mol. The number of nitrogens with zero attached hydrogens (tertiary/aromatic N) is 3. The Kier molecular flexibility index (Phi) is 6.15. The van der Waals surface area contributed by atoms with Crippen LogP contribution in [-0.4, -0.2) is 59.0 Å². The van der Waals surface area contributed by atoms with Crippen LogP contribution < -0.4 is 30.3 Å². The molecule has 0 radical (unpaired) electrons. The Morgan fingerprint density at radius 3 is 2.16 bits per heavy atom. The molecule has 2 aromatic carbocycles. The zero-order valence-corrected chi connectivity index (χ0v) is 18.1. The van der Waals surface area contributed by atoms with E-state index < -0.39 is 10.9 Å². The third kappa shape index (κ3) is 4.11. The summed E-state index contributed by atoms with van der Waals surface area (Å²) in [5.41, 5.74) is 1.27. The number of carbonyl (C=O) groups is 1. The van der Waals surface area contributed by atoms with Gasteiger partial charge in [-0.25, -0.2) is 0 Å². The van der Waals surface area contributed by atoms with Crippen molar-refractivity contribution in [1.82, 2.24) is 0 Å². The number of piperazine rings is 1. The van der Waals surface area contributed by atoms with Gasteiger partial charge < -0.3 is 24.2 Å². The smallest absolute Gasteiger partial charge is 0.310 e. The molecular formula is C23H29N3O5. The van der Waals surface area contributed by atoms with E-state index in [4.69, 9.17) is 9.47 Å². The van der Waals surface area contributed by atoms with Crippen LogP contribution in [0.15, 0.2) is 33.9 Å². The Hall–Kier alpha value is -3.03. The minimum Gasteiger partial charge on any atom is -0.497 e. The molecule has 0 amide bonds. The largest absolute Gasteiger partial charge is 0.497 e. The van der Waals surface area contributed by atoms with Gasteiger partial charge in [-0.2, -0.15) is 0 Å². The molecule has 2 aliphatic rings. The maximum Gasteiger partial charge on any atom is 0.310 e. The molecule has 2 aliphatic heterocycles. The van der Waals surface area contributed by atoms with E-state index in [1.54, 1.807) is 14.0 Å². The van der Waals surface area contributed by atoms with Crippen molar-refractivity contribution < 1.29 is 14.3 Å². The number of benzene rings is 1. The van der Waals surface area contributed by atoms with E-state index in [9.17, 15) is 14.4 Å². The molecule has 0 aromatic heterocycles. The Bertz CT molecular complexity index is 988. The van der Waals surface area contributed by atoms with Gasteiger partial charge in [0.15, 0.2) is 0 Å². The maximum absolute atomic E-state index is 12.5. The maximum atomic E-state index is 12.5. The lowest BCUT2D eigenvalue weighted by atomic mass is 9.96. The number of anilines is 3. The zero-order valence-electron chi connectivity index (χ0n) is 18.1. The van der Waals surface area contributed by atoms with Crippen LogP contribution in [0.1, 0.15) is 19.8 Å². The molecule has 166 valence electrons. The number of methoxy groups -OCH3 is 1. The lowest BCUT2D eigenvalue weighted by Crippen LogP contribution is -2.54. The van der Waals surface area contributed by atoms with Gasteiger partial charge in [0.2, 0.25) is 0 Å². The van der Waals surface area contributed by atoms with Crippen LogP contribution in [0.3, 0.4) is 0 Å². The van der Waals surface area contributed by atoms with E-state index in [1.807, 2.05) is 34.1 Å². The average molecular weight is 428 g/mol. The van der Waals surface area contributed by atoms with Crippen LogP contribution >= 0.6 is 0 Å². The van der Waals surface area contributed by atoms with Gasteiger partial charge in [0.05, 0.1) is 19.6 Å². The fourth-order valence-electron chi connectivity index (χ4n) is 4.57. The summed E-state index contributed by atoms with van der Waals surface area (Å²) in [7, 11) is 1.65. The van der Waals surface area contributed by atoms with Crippen LogP contribution in [0.2, 0.25) is 0 Å². The fraction of sp³-hybridized carbons (Fsp3) is 0.522. The molecule has 2 fully saturated rings. The molecule has 2 heterocycles. The molecule has 0 bridgehead atoms. The Morgan fingerprint density at radius 1 is 0.935 bits per heavy atom. The van der Waals surface area contributed by atoms with Crippen molar-refractivity contribution in [2.24, 2.45) is 5.92 Å². The van der Waals surface area contributed by atoms with E-state index in [0.29, 0.717) is 44.2 Å². The molecule has 0 saturated carbocycles. The summed E-state index contributed by atoms with van der Waals surface area (Å²) in [5, 5.41) is 0. The highest BCUT2D eigenvalue weighted by molar-refractivity contribution is 5.79. The molecule has 8 nitrogen and oxygen atoms in total. The first-order valence-electron chi connectivity index (χ1n) is 10.9. The summed E-state index contributed by atoms with van der Waals surface area (Å²) >= 11 is 0. The number of rotatable bonds is 6. The van der Waals surface area contributed by atoms with Crippen molar-refractivity contribution in [3.63, 3.8) is 0 Å². The van der Waals surface area contributed by atoms with Crippen LogP contribution in [0.25, 0.3) is 0 Å². The van der Waals surface area contributed by atoms with Crippen molar-refractivity contribution in [2.45, 2.75) is 19.8 Å². The number of carbonyl (C=O) groups excluding carboxylic acids is 1. The van der Waals surface area contributed by atoms with Crippen molar-refractivity contribution in [2.75, 3.05) is 67.7 Å². The highest BCUT2D eigenvalue weighted by Gasteiger charge is 2.35. The molecule has 8 heteroatoms. The second-order valence-corrected chi connectivity index (χ2v) is 8.06. The van der Waals surface area contributed by atoms with Crippen molar-refractivity contribution in [1.29, 1.82) is 0 Å². The number of hydrogen-bond donors (Lipinski definition) is 0. The number of hydrogen-bond acceptors (Lipinski definition) is 8. The average Bonchev–Trinajstić information content (AvgIpc) is 2.82. The summed E-state index contributed by atoms with van der Waals surface area (Å²) in [4.78, 5) is 43.3. The van der Waals surface area contributed by atoms with E-state index in [1.165, 1.54) is 0 Å². The first-order valence-corrected chi connectivity index (χ1v) is 10.9. The first-order chi connectivity index (χ1) is 15.0. The van der Waals surface area contributed by atoms with Gasteiger partial charge in [0, 0.05) is 45.0 Å². The van der Waals surface area contributed by atoms with Crippen LogP contribution in [0.5, 0.6) is 5.75 Å². The molecule has 4 rings (SSSR count). The summed E-state index contributed by atoms with van der Waals surface area (Å²) in [6, 6.07) is 7.93. The van der Waals surface area contributed by atoms with Gasteiger partial charge in [-0.05, 0) is 44.0 Å². The number of esters is 1. The van der Waals surface area contributed by atoms with E-state index in [0.717, 1.165) is 37.4 Å². The number of ether oxygens (including phenoxy) is 2. The van der Waals surface area contributed by atoms with Crippen molar-refractivity contribution in [3.8, 4) is 5.75 Å². The predicted octanol–water partition coefficient (Wildman–Crippen LogP) is 1.40. The third-order valence-electron chi connectivity index (χ3n) is 6.25. The third-order valence-corrected chi connectivity index (χ3v) is 6.25. The van der Waals surface area contributed by atoms with Crippen molar-refractivity contribution in [3.05, 3.63) is 44.7 Å². The Labute approximate surface area is 181 Å². The van der Waals surface area contributed by atoms with Crippen LogP contribution in [0.4, 0.5) is 17.1 Å². The summed E-state index contributed by atoms with van der Waals surface area (Å²) in [6.07, 6.45) is 1.55. The van der Waals surface area contributed by atoms with Crippen LogP contribution in [0, 0.1) is 5.92 Å². The SMILES string of the molecule is CCOC(=O)[C@H]1CCCN(c2c(N3CCN(c4ccc(OC)cc4)CC3)c(=O)c2=O)C1. The molecule has 0 unspecified atom stereocenters. The van der Waals surface area contributed by atoms with Gasteiger partial charge in [-0.15, -0.1) is 0 Å². The van der Waals surface area contributed by atoms with Crippen LogP contribution in [-0.2, 0) is 9.53 Å². The Balaban J connectivity index is 1.44. The monoisotopic (exact) mass is 427 g/mol. The highest BCUT2D eigenvalue weighted by Crippen LogP contribution is 2.30. The highest BCUT2D eigenvalue weighted by atomic mass is 16.5. The van der Waals surface area contributed by atoms with E-state index >= 15 is 0 Å². The zero-order chi connectivity index (χ0) is 22.0. The molecule has 1 atom stereocenters. The molecule has 2 aromatic rings. The standard InChI is InChI=1S/C23H29N3O5/c1-3-31-23(29)16-5-4-10-26(15-16)20-19(21(27)22(20)28)25-13-11-24(12-14-25)17-6-8-18(30-2)9-7-17/h6-9,16H,3-5,10-15H2,1-2H3/t16-/m0/s1. The summed E-state index contributed by atoms with van der Waals surface area (Å²) in [5.74, 6) is 0.344. The quantitative estimate of drug-likeness (QED) is 0.506. The van der Waals surface area contributed by atoms with E-state index in [2.05, 4.69) is 4.90 Å². The minimum atomic E-state index is -0.433. The lowest BCUT2D eigenvalue weighted by Gasteiger charge is -2.41. The fourth-order valence-corrected chi connectivity index (χ4v) is 4.57. The van der Waals surface area contributed by atoms with Gasteiger partial charge in [0.25, 0.3) is 10.9 Å². The van der Waals surface area contributed by atoms with Gasteiger partial charge in [0.1, 0.15) is 17.1 Å². The molecule has 0 N–H and O–H groups in total.